The van der Waals surface area contributed by atoms with Crippen LogP contribution in [0.15, 0.2) is 152 Å². The van der Waals surface area contributed by atoms with Gasteiger partial charge in [0.05, 0.1) is 7.11 Å². The molecule has 0 saturated heterocycles. The van der Waals surface area contributed by atoms with E-state index in [4.69, 9.17) is 16.3 Å². The lowest BCUT2D eigenvalue weighted by Gasteiger charge is -2.25. The molecule has 0 aliphatic heterocycles. The predicted octanol–water partition coefficient (Wildman–Crippen LogP) is 13.2. The summed E-state index contributed by atoms with van der Waals surface area (Å²) in [4.78, 5) is 2.30. The highest BCUT2D eigenvalue weighted by atomic mass is 35.5. The molecule has 0 aliphatic rings. The third kappa shape index (κ3) is 5.25. The van der Waals surface area contributed by atoms with Gasteiger partial charge in [-0.25, -0.2) is 0 Å². The van der Waals surface area contributed by atoms with Crippen LogP contribution in [0.2, 0.25) is 5.02 Å². The van der Waals surface area contributed by atoms with E-state index in [0.29, 0.717) is 5.02 Å². The summed E-state index contributed by atoms with van der Waals surface area (Å²) in [7, 11) is 1.71. The molecule has 232 valence electrons. The van der Waals surface area contributed by atoms with Gasteiger partial charge in [0, 0.05) is 27.6 Å². The average molecular weight is 640 g/mol. The largest absolute Gasteiger partial charge is 0.496 e. The number of benzene rings is 8. The minimum absolute atomic E-state index is 0.656. The molecule has 0 unspecified atom stereocenters. The van der Waals surface area contributed by atoms with Crippen molar-refractivity contribution in [1.82, 2.24) is 0 Å². The van der Waals surface area contributed by atoms with Crippen LogP contribution in [0, 0.1) is 13.8 Å². The van der Waals surface area contributed by atoms with E-state index in [1.165, 1.54) is 54.6 Å². The van der Waals surface area contributed by atoms with Gasteiger partial charge >= 0.3 is 0 Å². The summed E-state index contributed by atoms with van der Waals surface area (Å²) < 4.78 is 5.84. The number of fused-ring (bicyclic) bond motifs is 5. The lowest BCUT2D eigenvalue weighted by molar-refractivity contribution is 0.416. The van der Waals surface area contributed by atoms with Crippen molar-refractivity contribution in [1.29, 1.82) is 0 Å². The number of hydrogen-bond donors (Lipinski definition) is 0. The number of hydrogen-bond acceptors (Lipinski definition) is 2. The third-order valence-corrected chi connectivity index (χ3v) is 9.53. The maximum atomic E-state index is 6.39. The molecule has 8 aromatic rings. The Labute approximate surface area is 286 Å². The number of halogens is 1. The second kappa shape index (κ2) is 12.2. The summed E-state index contributed by atoms with van der Waals surface area (Å²) in [5, 5.41) is 7.98. The van der Waals surface area contributed by atoms with Gasteiger partial charge in [-0.15, -0.1) is 0 Å². The van der Waals surface area contributed by atoms with Crippen molar-refractivity contribution < 1.29 is 4.74 Å². The summed E-state index contributed by atoms with van der Waals surface area (Å²) in [5.74, 6) is 0.765. The van der Waals surface area contributed by atoms with Crippen LogP contribution < -0.4 is 9.64 Å². The van der Waals surface area contributed by atoms with E-state index in [0.717, 1.165) is 33.9 Å². The molecular formula is C45H34ClNO. The molecule has 0 N–H and O–H groups in total. The fourth-order valence-corrected chi connectivity index (χ4v) is 7.18. The zero-order chi connectivity index (χ0) is 32.8. The van der Waals surface area contributed by atoms with Crippen LogP contribution in [0.5, 0.6) is 5.75 Å². The van der Waals surface area contributed by atoms with Crippen LogP contribution in [-0.4, -0.2) is 7.11 Å². The molecule has 3 heteroatoms. The van der Waals surface area contributed by atoms with Gasteiger partial charge in [-0.2, -0.15) is 0 Å². The second-order valence-corrected chi connectivity index (χ2v) is 12.9. The maximum Gasteiger partial charge on any atom is 0.128 e. The summed E-state index contributed by atoms with van der Waals surface area (Å²) >= 11 is 6.39. The van der Waals surface area contributed by atoms with Crippen molar-refractivity contribution in [3.8, 4) is 28.0 Å². The van der Waals surface area contributed by atoms with Gasteiger partial charge in [-0.1, -0.05) is 108 Å². The van der Waals surface area contributed by atoms with Crippen LogP contribution in [0.3, 0.4) is 0 Å². The highest BCUT2D eigenvalue weighted by molar-refractivity contribution is 6.31. The van der Waals surface area contributed by atoms with Gasteiger partial charge < -0.3 is 9.64 Å². The zero-order valence-corrected chi connectivity index (χ0v) is 27.9. The second-order valence-electron chi connectivity index (χ2n) is 12.4. The smallest absolute Gasteiger partial charge is 0.128 e. The number of para-hydroxylation sites is 2. The van der Waals surface area contributed by atoms with Crippen LogP contribution in [0.4, 0.5) is 17.1 Å². The molecule has 48 heavy (non-hydrogen) atoms. The fraction of sp³-hybridized carbons (Fsp3) is 0.0667. The van der Waals surface area contributed by atoms with Crippen molar-refractivity contribution >= 4 is 61.0 Å². The molecule has 0 saturated carbocycles. The molecule has 2 nitrogen and oxygen atoms in total. The first-order valence-electron chi connectivity index (χ1n) is 16.2. The molecule has 0 atom stereocenters. The van der Waals surface area contributed by atoms with Crippen molar-refractivity contribution in [2.45, 2.75) is 13.8 Å². The first-order chi connectivity index (χ1) is 23.5. The standard InChI is InChI=1S/C45H34ClNO/c1-29-14-21-36-39(31-16-19-35(20-17-31)47(33-10-6-4-7-11-33)34-12-8-5-9-13-34)27-43-41-25-30(2)15-22-37(41)42(28-44(43)40(36)24-29)38-23-18-32(46)26-45(38)48-3/h4-28H,1-3H3. The topological polar surface area (TPSA) is 12.5 Å². The Morgan fingerprint density at radius 3 is 1.50 bits per heavy atom. The first kappa shape index (κ1) is 29.8. The lowest BCUT2D eigenvalue weighted by Crippen LogP contribution is -2.09. The van der Waals surface area contributed by atoms with Crippen LogP contribution in [-0.2, 0) is 0 Å². The van der Waals surface area contributed by atoms with E-state index >= 15 is 0 Å². The van der Waals surface area contributed by atoms with Gasteiger partial charge in [0.1, 0.15) is 5.75 Å². The number of anilines is 3. The maximum absolute atomic E-state index is 6.39. The Morgan fingerprint density at radius 1 is 0.438 bits per heavy atom. The van der Waals surface area contributed by atoms with E-state index in [2.05, 4.69) is 158 Å². The molecule has 0 fully saturated rings. The van der Waals surface area contributed by atoms with E-state index in [9.17, 15) is 0 Å². The van der Waals surface area contributed by atoms with E-state index in [1.54, 1.807) is 7.11 Å². The Hall–Kier alpha value is -5.57. The zero-order valence-electron chi connectivity index (χ0n) is 27.2. The van der Waals surface area contributed by atoms with Crippen molar-refractivity contribution in [3.05, 3.63) is 168 Å². The lowest BCUT2D eigenvalue weighted by atomic mass is 9.86. The molecule has 0 heterocycles. The number of rotatable bonds is 6. The van der Waals surface area contributed by atoms with E-state index in [1.807, 2.05) is 12.1 Å². The Morgan fingerprint density at radius 2 is 0.938 bits per heavy atom. The number of methoxy groups -OCH3 is 1. The quantitative estimate of drug-likeness (QED) is 0.168. The highest BCUT2D eigenvalue weighted by Gasteiger charge is 2.18. The molecule has 0 bridgehead atoms. The van der Waals surface area contributed by atoms with Crippen molar-refractivity contribution in [2.24, 2.45) is 0 Å². The molecule has 0 spiro atoms. The predicted molar refractivity (Wildman–Crippen MR) is 206 cm³/mol. The van der Waals surface area contributed by atoms with Gasteiger partial charge in [-0.3, -0.25) is 0 Å². The third-order valence-electron chi connectivity index (χ3n) is 9.30. The van der Waals surface area contributed by atoms with Gasteiger partial charge in [0.25, 0.3) is 0 Å². The monoisotopic (exact) mass is 639 g/mol. The minimum Gasteiger partial charge on any atom is -0.496 e. The molecule has 0 aliphatic carbocycles. The number of nitrogens with zero attached hydrogens (tertiary/aromatic N) is 1. The summed E-state index contributed by atoms with van der Waals surface area (Å²) in [6, 6.07) is 54.3. The van der Waals surface area contributed by atoms with Crippen LogP contribution in [0.25, 0.3) is 54.6 Å². The SMILES string of the molecule is COc1cc(Cl)ccc1-c1cc2c3cc(C)ccc3c(-c3ccc(N(c4ccccc4)c4ccccc4)cc3)cc2c2cc(C)ccc12. The Kier molecular flexibility index (Phi) is 7.59. The normalized spacial score (nSPS) is 11.3. The molecule has 8 aromatic carbocycles. The molecule has 0 radical (unpaired) electrons. The average Bonchev–Trinajstić information content (AvgIpc) is 3.12. The van der Waals surface area contributed by atoms with E-state index < -0.39 is 0 Å². The summed E-state index contributed by atoms with van der Waals surface area (Å²) in [6.07, 6.45) is 0. The van der Waals surface area contributed by atoms with Crippen LogP contribution >= 0.6 is 11.6 Å². The van der Waals surface area contributed by atoms with Crippen LogP contribution in [0.1, 0.15) is 11.1 Å². The minimum atomic E-state index is 0.656. The fourth-order valence-electron chi connectivity index (χ4n) is 7.02. The van der Waals surface area contributed by atoms with Gasteiger partial charge in [-0.05, 0) is 130 Å². The highest BCUT2D eigenvalue weighted by Crippen LogP contribution is 2.45. The molecule has 0 amide bonds. The number of aryl methyl sites for hydroxylation is 2. The van der Waals surface area contributed by atoms with E-state index in [-0.39, 0.29) is 0 Å². The van der Waals surface area contributed by atoms with Crippen molar-refractivity contribution in [2.75, 3.05) is 12.0 Å². The number of ether oxygens (including phenoxy) is 1. The Bertz CT molecular complexity index is 2410. The van der Waals surface area contributed by atoms with Crippen molar-refractivity contribution in [3.63, 3.8) is 0 Å². The van der Waals surface area contributed by atoms with Gasteiger partial charge in [0.2, 0.25) is 0 Å². The molecule has 0 aromatic heterocycles. The Balaban J connectivity index is 1.36. The summed E-state index contributed by atoms with van der Waals surface area (Å²) in [5.41, 5.74) is 10.4. The van der Waals surface area contributed by atoms with Gasteiger partial charge in [0.15, 0.2) is 0 Å². The molecule has 8 rings (SSSR count). The summed E-state index contributed by atoms with van der Waals surface area (Å²) in [6.45, 7) is 4.33. The first-order valence-corrected chi connectivity index (χ1v) is 16.6. The molecular weight excluding hydrogens is 606 g/mol.